The van der Waals surface area contributed by atoms with E-state index in [0.29, 0.717) is 17.8 Å². The fourth-order valence-electron chi connectivity index (χ4n) is 9.08. The molecule has 1 radical (unpaired) electrons. The third-order valence-corrected chi connectivity index (χ3v) is 17.6. The van der Waals surface area contributed by atoms with Crippen LogP contribution in [0, 0.1) is 18.1 Å². The zero-order valence-corrected chi connectivity index (χ0v) is 43.1. The van der Waals surface area contributed by atoms with E-state index in [9.17, 15) is 0 Å². The minimum atomic E-state index is -1.86. The molecule has 63 heavy (non-hydrogen) atoms. The molecule has 0 atom stereocenters. The second kappa shape index (κ2) is 18.3. The van der Waals surface area contributed by atoms with Crippen molar-refractivity contribution in [3.05, 3.63) is 168 Å². The second-order valence-corrected chi connectivity index (χ2v) is 30.4. The average molecular weight is 1080 g/mol. The first-order chi connectivity index (χ1) is 29.9. The minimum Gasteiger partial charge on any atom is -0.333 e. The number of para-hydroxylation sites is 3. The molecule has 0 aliphatic carbocycles. The molecule has 10 rings (SSSR count). The molecule has 10 aromatic rings. The van der Waals surface area contributed by atoms with Crippen LogP contribution in [-0.2, 0) is 26.5 Å². The van der Waals surface area contributed by atoms with E-state index < -0.39 is 13.3 Å². The van der Waals surface area contributed by atoms with Crippen molar-refractivity contribution in [3.63, 3.8) is 0 Å². The maximum Gasteiger partial charge on any atom is 0.0774 e. The molecule has 319 valence electrons. The predicted octanol–water partition coefficient (Wildman–Crippen LogP) is 15.7. The number of fused-ring (bicyclic) bond motifs is 7. The van der Waals surface area contributed by atoms with Gasteiger partial charge >= 0.3 is 126 Å². The smallest absolute Gasteiger partial charge is 0.0774 e. The topological polar surface area (TPSA) is 30.7 Å². The Kier molecular flexibility index (Phi) is 13.0. The molecule has 0 saturated carbocycles. The molecular formula is C57H55GeIrN3S-2. The Morgan fingerprint density at radius 1 is 0.651 bits per heavy atom. The molecule has 3 aromatic heterocycles. The molecule has 0 unspecified atom stereocenters. The van der Waals surface area contributed by atoms with Gasteiger partial charge in [0.2, 0.25) is 0 Å². The van der Waals surface area contributed by atoms with Crippen LogP contribution in [0.15, 0.2) is 140 Å². The van der Waals surface area contributed by atoms with Crippen molar-refractivity contribution >= 4 is 81.7 Å². The Morgan fingerprint density at radius 2 is 1.37 bits per heavy atom. The van der Waals surface area contributed by atoms with E-state index in [4.69, 9.17) is 9.97 Å². The number of rotatable bonds is 8. The van der Waals surface area contributed by atoms with Crippen molar-refractivity contribution in [3.8, 4) is 28.3 Å². The molecule has 0 aliphatic rings. The molecule has 0 bridgehead atoms. The number of pyridine rings is 1. The molecular weight excluding hydrogens is 1020 g/mol. The van der Waals surface area contributed by atoms with Gasteiger partial charge in [-0.1, -0.05) is 105 Å². The van der Waals surface area contributed by atoms with Gasteiger partial charge in [-0.2, -0.15) is 11.3 Å². The maximum atomic E-state index is 5.31. The first-order valence-corrected chi connectivity index (χ1v) is 30.3. The maximum absolute atomic E-state index is 5.31. The summed E-state index contributed by atoms with van der Waals surface area (Å²) >= 11 is -0.00128. The van der Waals surface area contributed by atoms with Crippen LogP contribution in [-0.4, -0.2) is 27.8 Å². The quantitative estimate of drug-likeness (QED) is 0.0862. The molecule has 0 fully saturated rings. The van der Waals surface area contributed by atoms with E-state index in [1.54, 1.807) is 4.40 Å². The molecule has 7 aromatic carbocycles. The fraction of sp³-hybridized carbons (Fsp3) is 0.228. The summed E-state index contributed by atoms with van der Waals surface area (Å²) in [6, 6.07) is 54.8. The number of thiophene rings is 1. The van der Waals surface area contributed by atoms with Gasteiger partial charge in [-0.05, 0) is 78.9 Å². The van der Waals surface area contributed by atoms with Crippen LogP contribution >= 0.6 is 11.3 Å². The normalized spacial score (nSPS) is 11.9. The summed E-state index contributed by atoms with van der Waals surface area (Å²) in [4.78, 5) is 10.0. The van der Waals surface area contributed by atoms with Crippen LogP contribution in [0.2, 0.25) is 17.3 Å². The Balaban J connectivity index is 0.000000219. The molecule has 0 N–H and O–H groups in total. The van der Waals surface area contributed by atoms with Gasteiger partial charge in [-0.3, -0.25) is 4.98 Å². The largest absolute Gasteiger partial charge is 0.333 e. The van der Waals surface area contributed by atoms with Gasteiger partial charge in [0, 0.05) is 30.5 Å². The van der Waals surface area contributed by atoms with Crippen molar-refractivity contribution in [1.29, 1.82) is 0 Å². The third-order valence-electron chi connectivity index (χ3n) is 12.1. The van der Waals surface area contributed by atoms with E-state index in [-0.39, 0.29) is 20.1 Å². The summed E-state index contributed by atoms with van der Waals surface area (Å²) in [5.41, 5.74) is 10.8. The Morgan fingerprint density at radius 3 is 2.08 bits per heavy atom. The van der Waals surface area contributed by atoms with Crippen LogP contribution in [0.4, 0.5) is 0 Å². The summed E-state index contributed by atoms with van der Waals surface area (Å²) < 4.78 is 6.48. The van der Waals surface area contributed by atoms with Crippen molar-refractivity contribution in [2.24, 2.45) is 5.92 Å². The fourth-order valence-corrected chi connectivity index (χ4v) is 13.6. The Bertz CT molecular complexity index is 3220. The van der Waals surface area contributed by atoms with Crippen molar-refractivity contribution in [2.45, 2.75) is 77.1 Å². The SMILES string of the molecule is CC(C)Cc1cc(-c2[c-]cccc2)nc[c]1[Ge]([CH3])([CH3])[CH3].CC(C)c1cccc(C(C)C)c1-n1c(-c2[c-]ccc3c2sc2cc4c(ccc5ccccc54)cc23)nc2ccccc21.[Ir]. The number of benzene rings is 7. The zero-order chi connectivity index (χ0) is 43.3. The van der Waals surface area contributed by atoms with Gasteiger partial charge in [0.15, 0.2) is 0 Å². The Hall–Kier alpha value is -4.91. The molecule has 0 spiro atoms. The zero-order valence-electron chi connectivity index (χ0n) is 37.8. The third kappa shape index (κ3) is 8.70. The van der Waals surface area contributed by atoms with Crippen LogP contribution in [0.3, 0.4) is 0 Å². The van der Waals surface area contributed by atoms with Crippen molar-refractivity contribution in [1.82, 2.24) is 14.5 Å². The van der Waals surface area contributed by atoms with Crippen LogP contribution < -0.4 is 4.40 Å². The molecule has 0 amide bonds. The first-order valence-electron chi connectivity index (χ1n) is 22.1. The Labute approximate surface area is 393 Å². The molecule has 0 saturated heterocycles. The second-order valence-electron chi connectivity index (χ2n) is 18.8. The van der Waals surface area contributed by atoms with Crippen LogP contribution in [0.5, 0.6) is 0 Å². The standard InChI is InChI=1S/C39H31N2S.C18H24GeN.Ir/c1-23(2)27-13-9-14-28(24(3)4)37(27)41-35-18-8-7-17-34(35)40-39(41)31-16-10-15-30-33-21-26-20-19-25-11-5-6-12-29(25)32(26)22-36(33)42-38(30)31;1-14(2)11-16-12-18(15-9-7-6-8-10-15)20-13-17(16)19(3,4)5;/h5-15,17-24H,1-4H3;6-9,12-14H,11H2,1-5H3;/q2*-1;. The van der Waals surface area contributed by atoms with E-state index in [0.717, 1.165) is 40.1 Å². The van der Waals surface area contributed by atoms with E-state index in [1.807, 2.05) is 29.5 Å². The number of hydrogen-bond acceptors (Lipinski definition) is 3. The van der Waals surface area contributed by atoms with Crippen LogP contribution in [0.25, 0.3) is 81.1 Å². The molecule has 3 heterocycles. The monoisotopic (exact) mass is 1080 g/mol. The minimum absolute atomic E-state index is 0. The summed E-state index contributed by atoms with van der Waals surface area (Å²) in [5, 5.41) is 7.71. The van der Waals surface area contributed by atoms with Gasteiger partial charge in [-0.15, -0.1) is 18.2 Å². The average Bonchev–Trinajstić information content (AvgIpc) is 3.83. The predicted molar refractivity (Wildman–Crippen MR) is 271 cm³/mol. The number of imidazole rings is 1. The summed E-state index contributed by atoms with van der Waals surface area (Å²) in [5.74, 6) is 9.70. The van der Waals surface area contributed by atoms with E-state index in [2.05, 4.69) is 197 Å². The van der Waals surface area contributed by atoms with Gasteiger partial charge in [-0.25, -0.2) is 0 Å². The van der Waals surface area contributed by atoms with Gasteiger partial charge in [0.1, 0.15) is 0 Å². The van der Waals surface area contributed by atoms with Gasteiger partial charge < -0.3 is 4.57 Å². The molecule has 3 nitrogen and oxygen atoms in total. The van der Waals surface area contributed by atoms with E-state index in [1.165, 1.54) is 64.1 Å². The van der Waals surface area contributed by atoms with Gasteiger partial charge in [0.05, 0.1) is 16.9 Å². The summed E-state index contributed by atoms with van der Waals surface area (Å²) in [6.45, 7) is 13.7. The molecule has 6 heteroatoms. The summed E-state index contributed by atoms with van der Waals surface area (Å²) in [7, 11) is 0. The number of nitrogens with zero attached hydrogens (tertiary/aromatic N) is 3. The number of hydrogen-bond donors (Lipinski definition) is 0. The number of aromatic nitrogens is 3. The van der Waals surface area contributed by atoms with Crippen molar-refractivity contribution in [2.75, 3.05) is 0 Å². The molecule has 0 aliphatic heterocycles. The van der Waals surface area contributed by atoms with Crippen molar-refractivity contribution < 1.29 is 20.1 Å². The van der Waals surface area contributed by atoms with Crippen LogP contribution in [0.1, 0.15) is 70.1 Å². The summed E-state index contributed by atoms with van der Waals surface area (Å²) in [6.07, 6.45) is 3.27. The van der Waals surface area contributed by atoms with E-state index >= 15 is 0 Å². The van der Waals surface area contributed by atoms with Gasteiger partial charge in [0.25, 0.3) is 0 Å². The first kappa shape index (κ1) is 44.7.